The van der Waals surface area contributed by atoms with Crippen LogP contribution in [0.5, 0.6) is 0 Å². The van der Waals surface area contributed by atoms with Crippen LogP contribution in [0.25, 0.3) is 0 Å². The molecule has 1 aromatic rings. The molecule has 2 heterocycles. The fourth-order valence-corrected chi connectivity index (χ4v) is 4.90. The highest BCUT2D eigenvalue weighted by atomic mass is 79.9. The fourth-order valence-electron chi connectivity index (χ4n) is 2.93. The van der Waals surface area contributed by atoms with Crippen LogP contribution in [0, 0.1) is 0 Å². The molecule has 0 atom stereocenters. The van der Waals surface area contributed by atoms with E-state index >= 15 is 0 Å². The molecule has 2 saturated heterocycles. The minimum absolute atomic E-state index is 0.458. The third-order valence-electron chi connectivity index (χ3n) is 4.31. The third-order valence-corrected chi connectivity index (χ3v) is 7.11. The van der Waals surface area contributed by atoms with Gasteiger partial charge in [-0.15, -0.1) is 0 Å². The van der Waals surface area contributed by atoms with Gasteiger partial charge in [-0.3, -0.25) is 4.90 Å². The van der Waals surface area contributed by atoms with E-state index in [9.17, 15) is 8.42 Å². The summed E-state index contributed by atoms with van der Waals surface area (Å²) < 4.78 is 34.7. The lowest BCUT2D eigenvalue weighted by molar-refractivity contribution is 0.0684. The van der Waals surface area contributed by atoms with E-state index in [1.54, 1.807) is 8.61 Å². The average molecular weight is 404 g/mol. The zero-order chi connectivity index (χ0) is 16.3. The van der Waals surface area contributed by atoms with E-state index in [-0.39, 0.29) is 0 Å². The molecule has 8 heteroatoms. The molecule has 0 saturated carbocycles. The zero-order valence-electron chi connectivity index (χ0n) is 13.0. The first-order valence-electron chi connectivity index (χ1n) is 7.86. The minimum atomic E-state index is -3.34. The Labute approximate surface area is 146 Å². The Morgan fingerprint density at radius 3 is 2.22 bits per heavy atom. The predicted molar refractivity (Wildman–Crippen MR) is 92.3 cm³/mol. The van der Waals surface area contributed by atoms with Crippen molar-refractivity contribution in [2.45, 2.75) is 6.54 Å². The molecular weight excluding hydrogens is 382 g/mol. The van der Waals surface area contributed by atoms with Gasteiger partial charge in [0.15, 0.2) is 0 Å². The summed E-state index contributed by atoms with van der Waals surface area (Å²) in [5, 5.41) is 0. The number of nitrogens with zero attached hydrogens (tertiary/aromatic N) is 3. The molecule has 6 nitrogen and oxygen atoms in total. The standard InChI is InChI=1S/C15H22BrN3O3S/c16-15-4-2-1-3-14(15)13-17-5-7-18(8-6-17)23(20,21)19-9-11-22-12-10-19/h1-4H,5-13H2. The molecule has 0 aromatic heterocycles. The molecule has 0 amide bonds. The normalized spacial score (nSPS) is 22.3. The van der Waals surface area contributed by atoms with Gasteiger partial charge in [-0.2, -0.15) is 17.0 Å². The lowest BCUT2D eigenvalue weighted by Gasteiger charge is -2.37. The molecule has 0 radical (unpaired) electrons. The molecule has 0 bridgehead atoms. The van der Waals surface area contributed by atoms with Crippen LogP contribution in [-0.4, -0.2) is 74.4 Å². The predicted octanol–water partition coefficient (Wildman–Crippen LogP) is 1.14. The van der Waals surface area contributed by atoms with Gasteiger partial charge in [-0.1, -0.05) is 34.1 Å². The van der Waals surface area contributed by atoms with E-state index in [1.807, 2.05) is 18.2 Å². The Kier molecular flexibility index (Phi) is 5.71. The van der Waals surface area contributed by atoms with Crippen molar-refractivity contribution in [2.24, 2.45) is 0 Å². The molecule has 1 aromatic carbocycles. The number of hydrogen-bond donors (Lipinski definition) is 0. The van der Waals surface area contributed by atoms with Crippen LogP contribution in [0.4, 0.5) is 0 Å². The van der Waals surface area contributed by atoms with Gasteiger partial charge < -0.3 is 4.74 Å². The summed E-state index contributed by atoms with van der Waals surface area (Å²) in [7, 11) is -3.34. The molecule has 0 N–H and O–H groups in total. The van der Waals surface area contributed by atoms with E-state index in [0.29, 0.717) is 39.4 Å². The van der Waals surface area contributed by atoms with Crippen LogP contribution in [0.3, 0.4) is 0 Å². The second-order valence-corrected chi connectivity index (χ2v) is 8.57. The number of benzene rings is 1. The molecule has 2 fully saturated rings. The number of piperazine rings is 1. The van der Waals surface area contributed by atoms with Crippen LogP contribution in [0.1, 0.15) is 5.56 Å². The maximum absolute atomic E-state index is 12.6. The Morgan fingerprint density at radius 1 is 0.957 bits per heavy atom. The monoisotopic (exact) mass is 403 g/mol. The highest BCUT2D eigenvalue weighted by Gasteiger charge is 2.33. The SMILES string of the molecule is O=S(=O)(N1CCOCC1)N1CCN(Cc2ccccc2Br)CC1. The number of rotatable bonds is 4. The minimum Gasteiger partial charge on any atom is -0.379 e. The van der Waals surface area contributed by atoms with Crippen LogP contribution < -0.4 is 0 Å². The van der Waals surface area contributed by atoms with Gasteiger partial charge in [-0.25, -0.2) is 0 Å². The van der Waals surface area contributed by atoms with E-state index in [4.69, 9.17) is 4.74 Å². The molecular formula is C15H22BrN3O3S. The largest absolute Gasteiger partial charge is 0.379 e. The van der Waals surface area contributed by atoms with Crippen molar-refractivity contribution in [3.63, 3.8) is 0 Å². The quantitative estimate of drug-likeness (QED) is 0.756. The summed E-state index contributed by atoms with van der Waals surface area (Å²) in [6.45, 7) is 5.33. The molecule has 0 unspecified atom stereocenters. The molecule has 0 spiro atoms. The van der Waals surface area contributed by atoms with Crippen LogP contribution in [-0.2, 0) is 21.5 Å². The molecule has 2 aliphatic heterocycles. The summed E-state index contributed by atoms with van der Waals surface area (Å²) >= 11 is 3.57. The number of morpholine rings is 1. The first kappa shape index (κ1) is 17.3. The summed E-state index contributed by atoms with van der Waals surface area (Å²) in [5.74, 6) is 0. The van der Waals surface area contributed by atoms with Gasteiger partial charge >= 0.3 is 0 Å². The summed E-state index contributed by atoms with van der Waals surface area (Å²) in [5.41, 5.74) is 1.23. The van der Waals surface area contributed by atoms with Gasteiger partial charge in [0.1, 0.15) is 0 Å². The topological polar surface area (TPSA) is 53.1 Å². The van der Waals surface area contributed by atoms with Gasteiger partial charge in [-0.05, 0) is 11.6 Å². The van der Waals surface area contributed by atoms with Crippen molar-refractivity contribution >= 4 is 26.1 Å². The molecule has 128 valence electrons. The first-order chi connectivity index (χ1) is 11.1. The lowest BCUT2D eigenvalue weighted by Crippen LogP contribution is -2.54. The van der Waals surface area contributed by atoms with E-state index in [2.05, 4.69) is 26.9 Å². The highest BCUT2D eigenvalue weighted by molar-refractivity contribution is 9.10. The zero-order valence-corrected chi connectivity index (χ0v) is 15.4. The van der Waals surface area contributed by atoms with Gasteiger partial charge in [0.2, 0.25) is 0 Å². The Balaban J connectivity index is 1.57. The van der Waals surface area contributed by atoms with E-state index in [0.717, 1.165) is 24.1 Å². The lowest BCUT2D eigenvalue weighted by atomic mass is 10.2. The number of halogens is 1. The molecule has 3 rings (SSSR count). The fraction of sp³-hybridized carbons (Fsp3) is 0.600. The molecule has 0 aliphatic carbocycles. The van der Waals surface area contributed by atoms with Crippen molar-refractivity contribution in [3.8, 4) is 0 Å². The van der Waals surface area contributed by atoms with Crippen molar-refractivity contribution in [3.05, 3.63) is 34.3 Å². The maximum Gasteiger partial charge on any atom is 0.282 e. The van der Waals surface area contributed by atoms with Gasteiger partial charge in [0.05, 0.1) is 13.2 Å². The second-order valence-electron chi connectivity index (χ2n) is 5.79. The summed E-state index contributed by atoms with van der Waals surface area (Å²) in [6.07, 6.45) is 0. The van der Waals surface area contributed by atoms with Crippen molar-refractivity contribution < 1.29 is 13.2 Å². The van der Waals surface area contributed by atoms with Crippen molar-refractivity contribution in [1.82, 2.24) is 13.5 Å². The van der Waals surface area contributed by atoms with Crippen LogP contribution in [0.15, 0.2) is 28.7 Å². The van der Waals surface area contributed by atoms with E-state index in [1.165, 1.54) is 5.56 Å². The Morgan fingerprint density at radius 2 is 1.57 bits per heavy atom. The van der Waals surface area contributed by atoms with Crippen LogP contribution >= 0.6 is 15.9 Å². The smallest absolute Gasteiger partial charge is 0.282 e. The summed E-state index contributed by atoms with van der Waals surface area (Å²) in [4.78, 5) is 2.30. The second kappa shape index (κ2) is 7.58. The van der Waals surface area contributed by atoms with Crippen molar-refractivity contribution in [1.29, 1.82) is 0 Å². The van der Waals surface area contributed by atoms with Gasteiger partial charge in [0.25, 0.3) is 10.2 Å². The highest BCUT2D eigenvalue weighted by Crippen LogP contribution is 2.20. The molecule has 2 aliphatic rings. The van der Waals surface area contributed by atoms with Crippen molar-refractivity contribution in [2.75, 3.05) is 52.5 Å². The molecule has 23 heavy (non-hydrogen) atoms. The average Bonchev–Trinajstić information content (AvgIpc) is 2.58. The number of hydrogen-bond acceptors (Lipinski definition) is 4. The first-order valence-corrected chi connectivity index (χ1v) is 10.0. The van der Waals surface area contributed by atoms with E-state index < -0.39 is 10.2 Å². The number of ether oxygens (including phenoxy) is 1. The maximum atomic E-state index is 12.6. The van der Waals surface area contributed by atoms with Crippen LogP contribution in [0.2, 0.25) is 0 Å². The summed E-state index contributed by atoms with van der Waals surface area (Å²) in [6, 6.07) is 8.16. The Bertz CT molecular complexity index is 627. The Hall–Kier alpha value is -0.510. The third kappa shape index (κ3) is 4.12. The van der Waals surface area contributed by atoms with Gasteiger partial charge in [0, 0.05) is 50.3 Å².